The smallest absolute Gasteiger partial charge is 0.162 e. The van der Waals surface area contributed by atoms with E-state index in [0.29, 0.717) is 0 Å². The molecule has 110 valence electrons. The predicted molar refractivity (Wildman–Crippen MR) is 77.9 cm³/mol. The molecule has 2 aromatic rings. The molecule has 1 atom stereocenters. The van der Waals surface area contributed by atoms with Crippen molar-refractivity contribution in [1.82, 2.24) is 24.6 Å². The van der Waals surface area contributed by atoms with Gasteiger partial charge in [0.05, 0.1) is 37.6 Å². The molecule has 0 amide bonds. The maximum absolute atomic E-state index is 5.49. The van der Waals surface area contributed by atoms with Gasteiger partial charge in [0.2, 0.25) is 0 Å². The van der Waals surface area contributed by atoms with Gasteiger partial charge in [-0.15, -0.1) is 0 Å². The highest BCUT2D eigenvalue weighted by molar-refractivity contribution is 5.34. The van der Waals surface area contributed by atoms with Crippen molar-refractivity contribution >= 4 is 0 Å². The maximum atomic E-state index is 5.49. The molecule has 0 bridgehead atoms. The lowest BCUT2D eigenvalue weighted by Gasteiger charge is -2.22. The average Bonchev–Trinajstić information content (AvgIpc) is 3.02. The Labute approximate surface area is 119 Å². The number of ether oxygens (including phenoxy) is 1. The minimum Gasteiger partial charge on any atom is -0.493 e. The Kier molecular flexibility index (Phi) is 4.44. The number of aromatic nitrogens is 4. The molecular formula is C14H23N5O. The summed E-state index contributed by atoms with van der Waals surface area (Å²) in [4.78, 5) is 4.22. The first-order valence-corrected chi connectivity index (χ1v) is 6.91. The molecular weight excluding hydrogens is 254 g/mol. The lowest BCUT2D eigenvalue weighted by atomic mass is 10.1. The van der Waals surface area contributed by atoms with Gasteiger partial charge >= 0.3 is 0 Å². The summed E-state index contributed by atoms with van der Waals surface area (Å²) in [5.41, 5.74) is 2.13. The van der Waals surface area contributed by atoms with E-state index in [0.717, 1.165) is 23.7 Å². The summed E-state index contributed by atoms with van der Waals surface area (Å²) in [6, 6.07) is 0.274. The highest BCUT2D eigenvalue weighted by atomic mass is 16.5. The largest absolute Gasteiger partial charge is 0.493 e. The Hall–Kier alpha value is -1.82. The van der Waals surface area contributed by atoms with Gasteiger partial charge in [-0.2, -0.15) is 5.10 Å². The van der Waals surface area contributed by atoms with Crippen molar-refractivity contribution in [3.8, 4) is 5.75 Å². The van der Waals surface area contributed by atoms with Crippen molar-refractivity contribution in [1.29, 1.82) is 0 Å². The summed E-state index contributed by atoms with van der Waals surface area (Å²) >= 11 is 0. The fourth-order valence-corrected chi connectivity index (χ4v) is 2.39. The summed E-state index contributed by atoms with van der Waals surface area (Å²) < 4.78 is 9.51. The molecule has 2 rings (SSSR count). The Morgan fingerprint density at radius 1 is 1.35 bits per heavy atom. The van der Waals surface area contributed by atoms with Crippen molar-refractivity contribution in [2.45, 2.75) is 32.9 Å². The van der Waals surface area contributed by atoms with E-state index in [2.05, 4.69) is 36.2 Å². The van der Waals surface area contributed by atoms with Gasteiger partial charge < -0.3 is 14.6 Å². The molecule has 1 unspecified atom stereocenters. The van der Waals surface area contributed by atoms with Crippen LogP contribution in [0.2, 0.25) is 0 Å². The molecule has 0 saturated carbocycles. The molecule has 20 heavy (non-hydrogen) atoms. The molecule has 0 spiro atoms. The number of hydrogen-bond acceptors (Lipinski definition) is 4. The monoisotopic (exact) mass is 277 g/mol. The number of hydrogen-bond donors (Lipinski definition) is 1. The molecule has 0 radical (unpaired) electrons. The molecule has 2 aromatic heterocycles. The van der Waals surface area contributed by atoms with E-state index in [1.807, 2.05) is 28.8 Å². The van der Waals surface area contributed by atoms with Crippen LogP contribution in [0.3, 0.4) is 0 Å². The minimum absolute atomic E-state index is 0.00681. The van der Waals surface area contributed by atoms with E-state index in [9.17, 15) is 0 Å². The van der Waals surface area contributed by atoms with Crippen LogP contribution in [0.5, 0.6) is 5.75 Å². The van der Waals surface area contributed by atoms with E-state index in [4.69, 9.17) is 4.74 Å². The topological polar surface area (TPSA) is 56.9 Å². The number of nitrogens with one attached hydrogen (secondary N) is 1. The zero-order valence-corrected chi connectivity index (χ0v) is 12.8. The van der Waals surface area contributed by atoms with E-state index < -0.39 is 0 Å². The third-order valence-electron chi connectivity index (χ3n) is 3.34. The number of rotatable bonds is 6. The van der Waals surface area contributed by atoms with Gasteiger partial charge in [-0.3, -0.25) is 4.68 Å². The van der Waals surface area contributed by atoms with Gasteiger partial charge in [-0.25, -0.2) is 4.98 Å². The number of imidazole rings is 1. The Balaban J connectivity index is 2.54. The highest BCUT2D eigenvalue weighted by Gasteiger charge is 2.26. The molecule has 0 aliphatic heterocycles. The van der Waals surface area contributed by atoms with Crippen molar-refractivity contribution in [3.63, 3.8) is 0 Å². The number of nitrogens with zero attached hydrogens (tertiary/aromatic N) is 4. The zero-order valence-electron chi connectivity index (χ0n) is 12.8. The fraction of sp³-hybridized carbons (Fsp3) is 0.571. The first-order chi connectivity index (χ1) is 9.60. The van der Waals surface area contributed by atoms with Crippen molar-refractivity contribution in [3.05, 3.63) is 30.1 Å². The molecule has 2 heterocycles. The quantitative estimate of drug-likeness (QED) is 0.876. The van der Waals surface area contributed by atoms with Gasteiger partial charge in [0.25, 0.3) is 0 Å². The summed E-state index contributed by atoms with van der Waals surface area (Å²) in [6.45, 7) is 7.17. The molecule has 6 heteroatoms. The van der Waals surface area contributed by atoms with Crippen LogP contribution in [0, 0.1) is 0 Å². The second-order valence-corrected chi connectivity index (χ2v) is 5.06. The lowest BCUT2D eigenvalue weighted by molar-refractivity contribution is 0.392. The van der Waals surface area contributed by atoms with Crippen LogP contribution >= 0.6 is 0 Å². The van der Waals surface area contributed by atoms with Gasteiger partial charge in [-0.1, -0.05) is 6.92 Å². The molecule has 0 fully saturated rings. The van der Waals surface area contributed by atoms with Crippen molar-refractivity contribution in [2.24, 2.45) is 7.05 Å². The molecule has 0 aliphatic carbocycles. The maximum Gasteiger partial charge on any atom is 0.162 e. The zero-order chi connectivity index (χ0) is 14.7. The lowest BCUT2D eigenvalue weighted by Crippen LogP contribution is -2.27. The first-order valence-electron chi connectivity index (χ1n) is 6.91. The van der Waals surface area contributed by atoms with E-state index in [1.54, 1.807) is 13.3 Å². The summed E-state index contributed by atoms with van der Waals surface area (Å²) in [5, 5.41) is 7.95. The van der Waals surface area contributed by atoms with Gasteiger partial charge in [0.1, 0.15) is 5.69 Å². The van der Waals surface area contributed by atoms with Gasteiger partial charge in [0.15, 0.2) is 5.75 Å². The van der Waals surface area contributed by atoms with Crippen LogP contribution in [-0.2, 0) is 7.05 Å². The summed E-state index contributed by atoms with van der Waals surface area (Å²) in [6.07, 6.45) is 5.46. The predicted octanol–water partition coefficient (Wildman–Crippen LogP) is 1.90. The van der Waals surface area contributed by atoms with Crippen molar-refractivity contribution in [2.75, 3.05) is 13.7 Å². The van der Waals surface area contributed by atoms with E-state index >= 15 is 0 Å². The van der Waals surface area contributed by atoms with Crippen LogP contribution in [0.4, 0.5) is 0 Å². The van der Waals surface area contributed by atoms with Gasteiger partial charge in [-0.05, 0) is 20.4 Å². The molecule has 6 nitrogen and oxygen atoms in total. The average molecular weight is 277 g/mol. The van der Waals surface area contributed by atoms with Crippen LogP contribution in [0.25, 0.3) is 0 Å². The highest BCUT2D eigenvalue weighted by Crippen LogP contribution is 2.31. The van der Waals surface area contributed by atoms with Crippen LogP contribution in [0.15, 0.2) is 18.7 Å². The molecule has 1 N–H and O–H groups in total. The van der Waals surface area contributed by atoms with E-state index in [-0.39, 0.29) is 12.1 Å². The Bertz CT molecular complexity index is 558. The summed E-state index contributed by atoms with van der Waals surface area (Å²) in [5.74, 6) is 0.797. The van der Waals surface area contributed by atoms with Crippen LogP contribution < -0.4 is 10.1 Å². The molecule has 0 saturated heterocycles. The van der Waals surface area contributed by atoms with Gasteiger partial charge in [0, 0.05) is 13.1 Å². The first kappa shape index (κ1) is 14.6. The number of methoxy groups -OCH3 is 1. The minimum atomic E-state index is 0.00681. The summed E-state index contributed by atoms with van der Waals surface area (Å²) in [7, 11) is 3.67. The second kappa shape index (κ2) is 6.09. The normalized spacial score (nSPS) is 12.9. The Morgan fingerprint density at radius 3 is 2.60 bits per heavy atom. The second-order valence-electron chi connectivity index (χ2n) is 5.06. The number of aryl methyl sites for hydroxylation is 1. The SMILES string of the molecule is CCNC(c1cncn1C)c1c(OC)cnn1C(C)C. The third kappa shape index (κ3) is 2.56. The molecule has 0 aliphatic rings. The van der Waals surface area contributed by atoms with Crippen LogP contribution in [0.1, 0.15) is 44.2 Å². The third-order valence-corrected chi connectivity index (χ3v) is 3.34. The van der Waals surface area contributed by atoms with Crippen LogP contribution in [-0.4, -0.2) is 33.0 Å². The Morgan fingerprint density at radius 2 is 2.10 bits per heavy atom. The molecule has 0 aromatic carbocycles. The van der Waals surface area contributed by atoms with E-state index in [1.165, 1.54) is 0 Å². The fourth-order valence-electron chi connectivity index (χ4n) is 2.39. The standard InChI is InChI=1S/C14H23N5O/c1-6-16-13(11-7-15-9-18(11)4)14-12(20-5)8-17-19(14)10(2)3/h7-10,13,16H,6H2,1-5H3. The van der Waals surface area contributed by atoms with Crippen molar-refractivity contribution < 1.29 is 4.74 Å².